The number of Topliss-reactive ketones (excluding diaryl/α,β-unsaturated/α-hetero) is 1. The Labute approximate surface area is 148 Å². The van der Waals surface area contributed by atoms with E-state index in [-0.39, 0.29) is 13.0 Å². The van der Waals surface area contributed by atoms with Crippen molar-refractivity contribution in [3.63, 3.8) is 0 Å². The van der Waals surface area contributed by atoms with Gasteiger partial charge in [-0.3, -0.25) is 9.59 Å². The van der Waals surface area contributed by atoms with Gasteiger partial charge in [0.25, 0.3) is 5.91 Å². The van der Waals surface area contributed by atoms with Crippen molar-refractivity contribution in [3.8, 4) is 5.75 Å². The lowest BCUT2D eigenvalue weighted by Crippen LogP contribution is -2.28. The summed E-state index contributed by atoms with van der Waals surface area (Å²) >= 11 is 0. The van der Waals surface area contributed by atoms with E-state index < -0.39 is 23.6 Å². The van der Waals surface area contributed by atoms with Crippen LogP contribution < -0.4 is 10.1 Å². The van der Waals surface area contributed by atoms with E-state index in [1.54, 1.807) is 32.0 Å². The minimum Gasteiger partial charge on any atom is -0.490 e. The van der Waals surface area contributed by atoms with E-state index in [1.165, 1.54) is 14.2 Å². The molecule has 1 amide bonds. The predicted molar refractivity (Wildman–Crippen MR) is 93.6 cm³/mol. The fraction of sp³-hybridized carbons (Fsp3) is 0.556. The first kappa shape index (κ1) is 21.1. The lowest BCUT2D eigenvalue weighted by atomic mass is 10.1. The summed E-state index contributed by atoms with van der Waals surface area (Å²) < 4.78 is 15.5. The highest BCUT2D eigenvalue weighted by Gasteiger charge is 2.17. The molecule has 0 aliphatic carbocycles. The van der Waals surface area contributed by atoms with Crippen LogP contribution in [0.3, 0.4) is 0 Å². The van der Waals surface area contributed by atoms with Crippen molar-refractivity contribution in [2.75, 3.05) is 26.1 Å². The van der Waals surface area contributed by atoms with Gasteiger partial charge in [0, 0.05) is 32.7 Å². The minimum absolute atomic E-state index is 0.0317. The molecule has 1 aromatic rings. The molecule has 7 nitrogen and oxygen atoms in total. The van der Waals surface area contributed by atoms with Gasteiger partial charge in [0.1, 0.15) is 12.4 Å². The summed E-state index contributed by atoms with van der Waals surface area (Å²) in [6.07, 6.45) is -0.169. The molecule has 0 spiro atoms. The molecule has 1 aromatic carbocycles. The summed E-state index contributed by atoms with van der Waals surface area (Å²) in [5, 5.41) is 12.3. The van der Waals surface area contributed by atoms with Crippen LogP contribution in [0.5, 0.6) is 5.75 Å². The number of rotatable bonds is 10. The van der Waals surface area contributed by atoms with Gasteiger partial charge in [-0.25, -0.2) is 0 Å². The van der Waals surface area contributed by atoms with Crippen LogP contribution in [0.25, 0.3) is 0 Å². The van der Waals surface area contributed by atoms with Gasteiger partial charge < -0.3 is 24.6 Å². The van der Waals surface area contributed by atoms with Crippen LogP contribution in [0.15, 0.2) is 18.2 Å². The van der Waals surface area contributed by atoms with Gasteiger partial charge in [-0.15, -0.1) is 0 Å². The zero-order valence-corrected chi connectivity index (χ0v) is 15.4. The quantitative estimate of drug-likeness (QED) is 0.494. The van der Waals surface area contributed by atoms with Gasteiger partial charge in [0.2, 0.25) is 5.78 Å². The second kappa shape index (κ2) is 9.50. The maximum absolute atomic E-state index is 11.9. The number of ether oxygens (including phenoxy) is 3. The van der Waals surface area contributed by atoms with E-state index in [4.69, 9.17) is 14.2 Å². The van der Waals surface area contributed by atoms with Crippen molar-refractivity contribution < 1.29 is 28.9 Å². The number of carbonyl (C=O) groups is 2. The number of carbonyl (C=O) groups excluding carboxylic acids is 2. The number of methoxy groups -OCH3 is 2. The first-order valence-electron chi connectivity index (χ1n) is 8.02. The maximum Gasteiger partial charge on any atom is 0.291 e. The van der Waals surface area contributed by atoms with Crippen LogP contribution in [0.2, 0.25) is 0 Å². The van der Waals surface area contributed by atoms with Gasteiger partial charge in [-0.1, -0.05) is 0 Å². The molecule has 140 valence electrons. The molecular formula is C18H27NO6. The smallest absolute Gasteiger partial charge is 0.291 e. The van der Waals surface area contributed by atoms with Gasteiger partial charge in [0.15, 0.2) is 6.29 Å². The number of hydrogen-bond acceptors (Lipinski definition) is 6. The second-order valence-electron chi connectivity index (χ2n) is 6.40. The van der Waals surface area contributed by atoms with Crippen molar-refractivity contribution in [2.24, 2.45) is 0 Å². The normalized spacial score (nSPS) is 11.5. The Kier molecular flexibility index (Phi) is 8.02. The summed E-state index contributed by atoms with van der Waals surface area (Å²) in [7, 11) is 2.95. The third-order valence-corrected chi connectivity index (χ3v) is 3.40. The second-order valence-corrected chi connectivity index (χ2v) is 6.40. The zero-order chi connectivity index (χ0) is 19.0. The van der Waals surface area contributed by atoms with E-state index in [2.05, 4.69) is 5.32 Å². The Balaban J connectivity index is 2.60. The lowest BCUT2D eigenvalue weighted by molar-refractivity contribution is -0.138. The van der Waals surface area contributed by atoms with Gasteiger partial charge >= 0.3 is 0 Å². The fourth-order valence-electron chi connectivity index (χ4n) is 2.04. The van der Waals surface area contributed by atoms with E-state index in [0.717, 1.165) is 5.56 Å². The molecule has 0 aliphatic rings. The fourth-order valence-corrected chi connectivity index (χ4v) is 2.04. The largest absolute Gasteiger partial charge is 0.490 e. The van der Waals surface area contributed by atoms with Crippen molar-refractivity contribution in [2.45, 2.75) is 45.5 Å². The molecule has 0 radical (unpaired) electrons. The topological polar surface area (TPSA) is 94.1 Å². The number of anilines is 1. The number of aliphatic hydroxyl groups is 1. The molecule has 0 fully saturated rings. The molecule has 0 saturated carbocycles. The van der Waals surface area contributed by atoms with Gasteiger partial charge in [0.05, 0.1) is 5.60 Å². The molecular weight excluding hydrogens is 326 g/mol. The number of amides is 1. The van der Waals surface area contributed by atoms with Crippen molar-refractivity contribution in [1.82, 2.24) is 0 Å². The molecule has 2 N–H and O–H groups in total. The summed E-state index contributed by atoms with van der Waals surface area (Å²) in [5.74, 6) is -0.621. The highest BCUT2D eigenvalue weighted by Crippen LogP contribution is 2.23. The number of aryl methyl sites for hydroxylation is 1. The van der Waals surface area contributed by atoms with Gasteiger partial charge in [-0.2, -0.15) is 0 Å². The number of ketones is 1. The Morgan fingerprint density at radius 3 is 2.40 bits per heavy atom. The summed E-state index contributed by atoms with van der Waals surface area (Å²) in [6.45, 7) is 5.28. The predicted octanol–water partition coefficient (Wildman–Crippen LogP) is 2.05. The number of nitrogens with one attached hydrogen (secondary N) is 1. The summed E-state index contributed by atoms with van der Waals surface area (Å²) in [5.41, 5.74) is 0.350. The van der Waals surface area contributed by atoms with Gasteiger partial charge in [-0.05, 0) is 44.5 Å². The summed E-state index contributed by atoms with van der Waals surface area (Å²) in [4.78, 5) is 23.8. The molecule has 0 heterocycles. The Morgan fingerprint density at radius 1 is 1.24 bits per heavy atom. The zero-order valence-electron chi connectivity index (χ0n) is 15.4. The molecule has 1 rings (SSSR count). The van der Waals surface area contributed by atoms with E-state index in [9.17, 15) is 14.7 Å². The molecule has 7 heteroatoms. The molecule has 0 atom stereocenters. The molecule has 0 aliphatic heterocycles. The van der Waals surface area contributed by atoms with Crippen molar-refractivity contribution >= 4 is 17.4 Å². The molecule has 0 bridgehead atoms. The first-order valence-corrected chi connectivity index (χ1v) is 8.02. The summed E-state index contributed by atoms with van der Waals surface area (Å²) in [6, 6.07) is 5.04. The van der Waals surface area contributed by atoms with Crippen LogP contribution in [0.4, 0.5) is 5.69 Å². The van der Waals surface area contributed by atoms with Crippen LogP contribution in [-0.2, 0) is 19.1 Å². The Hall–Kier alpha value is -1.96. The van der Waals surface area contributed by atoms with E-state index in [1.807, 2.05) is 6.92 Å². The number of hydrogen-bond donors (Lipinski definition) is 2. The maximum atomic E-state index is 11.9. The van der Waals surface area contributed by atoms with E-state index in [0.29, 0.717) is 17.9 Å². The number of benzene rings is 1. The monoisotopic (exact) mass is 353 g/mol. The molecule has 0 saturated heterocycles. The SMILES string of the molecule is COC(CCC(=O)C(=O)Nc1ccc(OCC(C)(C)O)c(C)c1)OC. The Morgan fingerprint density at radius 2 is 1.88 bits per heavy atom. The average Bonchev–Trinajstić information content (AvgIpc) is 2.53. The third kappa shape index (κ3) is 7.64. The van der Waals surface area contributed by atoms with Crippen LogP contribution >= 0.6 is 0 Å². The molecule has 25 heavy (non-hydrogen) atoms. The third-order valence-electron chi connectivity index (χ3n) is 3.40. The Bertz CT molecular complexity index is 590. The average molecular weight is 353 g/mol. The first-order chi connectivity index (χ1) is 11.7. The highest BCUT2D eigenvalue weighted by atomic mass is 16.7. The standard InChI is InChI=1S/C18H27NO6/c1-12-10-13(6-8-15(12)25-11-18(2,3)22)19-17(21)14(20)7-9-16(23-4)24-5/h6,8,10,16,22H,7,9,11H2,1-5H3,(H,19,21). The van der Waals surface area contributed by atoms with Crippen LogP contribution in [-0.4, -0.2) is 49.5 Å². The highest BCUT2D eigenvalue weighted by molar-refractivity contribution is 6.40. The molecule has 0 aromatic heterocycles. The minimum atomic E-state index is -0.936. The lowest BCUT2D eigenvalue weighted by Gasteiger charge is -2.19. The van der Waals surface area contributed by atoms with E-state index >= 15 is 0 Å². The molecule has 0 unspecified atom stereocenters. The van der Waals surface area contributed by atoms with Crippen molar-refractivity contribution in [3.05, 3.63) is 23.8 Å². The van der Waals surface area contributed by atoms with Crippen LogP contribution in [0, 0.1) is 6.92 Å². The van der Waals surface area contributed by atoms with Crippen molar-refractivity contribution in [1.29, 1.82) is 0 Å². The van der Waals surface area contributed by atoms with Crippen LogP contribution in [0.1, 0.15) is 32.3 Å².